The van der Waals surface area contributed by atoms with Gasteiger partial charge in [-0.1, -0.05) is 61.0 Å². The molecule has 3 N–H and O–H groups in total. The fourth-order valence-corrected chi connectivity index (χ4v) is 5.37. The van der Waals surface area contributed by atoms with Gasteiger partial charge in [0.2, 0.25) is 10.0 Å². The van der Waals surface area contributed by atoms with Crippen molar-refractivity contribution in [2.45, 2.75) is 57.8 Å². The van der Waals surface area contributed by atoms with Crippen molar-refractivity contribution >= 4 is 27.5 Å². The van der Waals surface area contributed by atoms with Gasteiger partial charge in [-0.2, -0.15) is 0 Å². The molecule has 0 bridgehead atoms. The summed E-state index contributed by atoms with van der Waals surface area (Å²) < 4.78 is 40.8. The number of hydrogen-bond acceptors (Lipinski definition) is 7. The number of hydrogen-bond donors (Lipinski definition) is 3. The van der Waals surface area contributed by atoms with E-state index in [0.717, 1.165) is 34.7 Å². The van der Waals surface area contributed by atoms with Crippen LogP contribution in [0.3, 0.4) is 0 Å². The summed E-state index contributed by atoms with van der Waals surface area (Å²) in [5, 5.41) is 25.2. The molecule has 3 aromatic carbocycles. The SMILES string of the molecule is CCCc1cn(C[C@H](O)[C@H](Cc2ccccc2)NC(=O)c2cc(C(=O)N[C@H](C)c3ccc(F)cc3)cc(N(C)S(C)(=O)=O)c2)nn1. The van der Waals surface area contributed by atoms with Crippen LogP contribution in [0.1, 0.15) is 63.8 Å². The average molecular weight is 651 g/mol. The number of carbonyl (C=O) groups is 2. The molecule has 0 aliphatic rings. The zero-order valence-electron chi connectivity index (χ0n) is 26.2. The maximum Gasteiger partial charge on any atom is 0.251 e. The van der Waals surface area contributed by atoms with Gasteiger partial charge in [-0.25, -0.2) is 17.5 Å². The minimum atomic E-state index is -3.75. The van der Waals surface area contributed by atoms with Crippen LogP contribution < -0.4 is 14.9 Å². The summed E-state index contributed by atoms with van der Waals surface area (Å²) in [5.74, 6) is -1.59. The Morgan fingerprint density at radius 2 is 1.63 bits per heavy atom. The first-order chi connectivity index (χ1) is 21.8. The third-order valence-electron chi connectivity index (χ3n) is 7.57. The summed E-state index contributed by atoms with van der Waals surface area (Å²) in [7, 11) is -2.42. The monoisotopic (exact) mass is 650 g/mol. The van der Waals surface area contributed by atoms with Crippen LogP contribution in [0.5, 0.6) is 0 Å². The van der Waals surface area contributed by atoms with E-state index >= 15 is 0 Å². The lowest BCUT2D eigenvalue weighted by Crippen LogP contribution is -2.46. The van der Waals surface area contributed by atoms with Crippen LogP contribution in [0, 0.1) is 5.82 Å². The quantitative estimate of drug-likeness (QED) is 0.189. The Kier molecular flexibility index (Phi) is 11.3. The topological polar surface area (TPSA) is 147 Å². The third-order valence-corrected chi connectivity index (χ3v) is 8.77. The number of amides is 2. The van der Waals surface area contributed by atoms with E-state index in [0.29, 0.717) is 5.56 Å². The number of sulfonamides is 1. The molecule has 4 rings (SSSR count). The Morgan fingerprint density at radius 3 is 2.24 bits per heavy atom. The lowest BCUT2D eigenvalue weighted by Gasteiger charge is -2.25. The number of carbonyl (C=O) groups excluding carboxylic acids is 2. The Labute approximate surface area is 268 Å². The molecule has 0 aliphatic carbocycles. The normalized spacial score (nSPS) is 13.4. The number of anilines is 1. The molecule has 0 unspecified atom stereocenters. The van der Waals surface area contributed by atoms with Gasteiger partial charge in [0.25, 0.3) is 11.8 Å². The molecule has 0 saturated carbocycles. The highest BCUT2D eigenvalue weighted by Crippen LogP contribution is 2.23. The van der Waals surface area contributed by atoms with Crippen LogP contribution in [0.15, 0.2) is 79.0 Å². The second kappa shape index (κ2) is 15.1. The first-order valence-electron chi connectivity index (χ1n) is 14.9. The molecular formula is C33H39FN6O5S. The van der Waals surface area contributed by atoms with E-state index in [4.69, 9.17) is 0 Å². The van der Waals surface area contributed by atoms with E-state index in [1.54, 1.807) is 25.3 Å². The van der Waals surface area contributed by atoms with Crippen LogP contribution in [0.2, 0.25) is 0 Å². The number of halogens is 1. The number of aromatic nitrogens is 3. The first-order valence-corrected chi connectivity index (χ1v) is 16.8. The molecule has 11 nitrogen and oxygen atoms in total. The summed E-state index contributed by atoms with van der Waals surface area (Å²) in [4.78, 5) is 27.2. The fraction of sp³-hybridized carbons (Fsp3) is 0.333. The Balaban J connectivity index is 1.63. The van der Waals surface area contributed by atoms with Gasteiger partial charge in [-0.15, -0.1) is 5.10 Å². The Bertz CT molecular complexity index is 1750. The summed E-state index contributed by atoms with van der Waals surface area (Å²) in [6.07, 6.45) is 3.63. The molecule has 0 saturated heterocycles. The van der Waals surface area contributed by atoms with Crippen LogP contribution in [0.25, 0.3) is 0 Å². The standard InChI is InChI=1S/C33H39FN6O5S/c1-5-9-28-20-40(38-37-28)21-31(41)30(16-23-10-7-6-8-11-23)36-33(43)26-17-25(18-29(19-26)39(3)46(4,44)45)32(42)35-22(2)24-12-14-27(34)15-13-24/h6-8,10-15,17-20,22,30-31,41H,5,9,16,21H2,1-4H3,(H,35,42)(H,36,43)/t22-,30+,31+/m1/s1. The average Bonchev–Trinajstić information content (AvgIpc) is 3.47. The second-order valence-corrected chi connectivity index (χ2v) is 13.3. The van der Waals surface area contributed by atoms with Crippen LogP contribution in [-0.4, -0.2) is 65.8 Å². The molecule has 0 spiro atoms. The number of aryl methyl sites for hydroxylation is 1. The molecule has 0 aliphatic heterocycles. The van der Waals surface area contributed by atoms with Crippen molar-refractivity contribution in [1.29, 1.82) is 0 Å². The highest BCUT2D eigenvalue weighted by Gasteiger charge is 2.26. The molecule has 3 atom stereocenters. The molecule has 0 fully saturated rings. The molecule has 13 heteroatoms. The van der Waals surface area contributed by atoms with E-state index in [-0.39, 0.29) is 29.8 Å². The van der Waals surface area contributed by atoms with Crippen LogP contribution in [0.4, 0.5) is 10.1 Å². The fourth-order valence-electron chi connectivity index (χ4n) is 4.88. The molecular weight excluding hydrogens is 611 g/mol. The van der Waals surface area contributed by atoms with Gasteiger partial charge < -0.3 is 15.7 Å². The van der Waals surface area contributed by atoms with Crippen LogP contribution in [-0.2, 0) is 29.4 Å². The van der Waals surface area contributed by atoms with Gasteiger partial charge in [0.1, 0.15) is 5.82 Å². The molecule has 244 valence electrons. The van der Waals surface area contributed by atoms with Crippen molar-refractivity contribution in [2.24, 2.45) is 0 Å². The summed E-state index contributed by atoms with van der Waals surface area (Å²) in [5.41, 5.74) is 2.48. The number of aliphatic hydroxyl groups excluding tert-OH is 1. The predicted molar refractivity (Wildman–Crippen MR) is 173 cm³/mol. The highest BCUT2D eigenvalue weighted by atomic mass is 32.2. The van der Waals surface area contributed by atoms with Crippen molar-refractivity contribution in [3.8, 4) is 0 Å². The van der Waals surface area contributed by atoms with E-state index in [1.165, 1.54) is 42.1 Å². The van der Waals surface area contributed by atoms with E-state index in [9.17, 15) is 27.5 Å². The van der Waals surface area contributed by atoms with E-state index in [1.807, 2.05) is 37.3 Å². The molecule has 1 aromatic heterocycles. The van der Waals surface area contributed by atoms with Crippen molar-refractivity contribution in [2.75, 3.05) is 17.6 Å². The molecule has 4 aromatic rings. The number of nitrogens with one attached hydrogen (secondary N) is 2. The molecule has 46 heavy (non-hydrogen) atoms. The van der Waals surface area contributed by atoms with Gasteiger partial charge in [-0.05, 0) is 61.2 Å². The lowest BCUT2D eigenvalue weighted by molar-refractivity contribution is 0.0779. The first kappa shape index (κ1) is 34.3. The van der Waals surface area contributed by atoms with Crippen molar-refractivity contribution in [3.63, 3.8) is 0 Å². The highest BCUT2D eigenvalue weighted by molar-refractivity contribution is 7.92. The number of rotatable bonds is 14. The smallest absolute Gasteiger partial charge is 0.251 e. The zero-order chi connectivity index (χ0) is 33.4. The maximum atomic E-state index is 13.8. The second-order valence-electron chi connectivity index (χ2n) is 11.3. The summed E-state index contributed by atoms with van der Waals surface area (Å²) >= 11 is 0. The minimum Gasteiger partial charge on any atom is -0.389 e. The van der Waals surface area contributed by atoms with E-state index in [2.05, 4.69) is 20.9 Å². The Morgan fingerprint density at radius 1 is 1.00 bits per heavy atom. The van der Waals surface area contributed by atoms with Crippen molar-refractivity contribution < 1.29 is 27.5 Å². The van der Waals surface area contributed by atoms with Gasteiger partial charge >= 0.3 is 0 Å². The summed E-state index contributed by atoms with van der Waals surface area (Å²) in [6.45, 7) is 3.82. The zero-order valence-corrected chi connectivity index (χ0v) is 27.0. The van der Waals surface area contributed by atoms with Gasteiger partial charge in [0, 0.05) is 24.4 Å². The van der Waals surface area contributed by atoms with Gasteiger partial charge in [0.05, 0.1) is 42.4 Å². The van der Waals surface area contributed by atoms with Crippen LogP contribution >= 0.6 is 0 Å². The number of nitrogens with zero attached hydrogens (tertiary/aromatic N) is 4. The van der Waals surface area contributed by atoms with Crippen molar-refractivity contribution in [3.05, 3.63) is 113 Å². The molecule has 2 amide bonds. The maximum absolute atomic E-state index is 13.8. The molecule has 1 heterocycles. The van der Waals surface area contributed by atoms with Crippen molar-refractivity contribution in [1.82, 2.24) is 25.6 Å². The number of benzene rings is 3. The van der Waals surface area contributed by atoms with E-state index < -0.39 is 45.8 Å². The number of aliphatic hydroxyl groups is 1. The Hall–Kier alpha value is -4.62. The van der Waals surface area contributed by atoms with Gasteiger partial charge in [-0.3, -0.25) is 13.9 Å². The summed E-state index contributed by atoms with van der Waals surface area (Å²) in [6, 6.07) is 17.8. The largest absolute Gasteiger partial charge is 0.389 e. The third kappa shape index (κ3) is 9.21. The van der Waals surface area contributed by atoms with Gasteiger partial charge in [0.15, 0.2) is 0 Å². The molecule has 0 radical (unpaired) electrons. The minimum absolute atomic E-state index is 0.0174. The lowest BCUT2D eigenvalue weighted by atomic mass is 10.00. The predicted octanol–water partition coefficient (Wildman–Crippen LogP) is 3.66.